The van der Waals surface area contributed by atoms with Crippen molar-refractivity contribution in [1.29, 1.82) is 0 Å². The van der Waals surface area contributed by atoms with Crippen LogP contribution in [0.4, 0.5) is 21.3 Å². The zero-order valence-corrected chi connectivity index (χ0v) is 24.7. The molecule has 2 heterocycles. The minimum Gasteiger partial charge on any atom is -0.307 e. The largest absolute Gasteiger partial charge is 0.326 e. The minimum absolute atomic E-state index is 0.0705. The number of allylic oxidation sites excluding steroid dienone is 2. The highest BCUT2D eigenvalue weighted by Crippen LogP contribution is 2.43. The van der Waals surface area contributed by atoms with Crippen LogP contribution in [-0.2, 0) is 4.79 Å². The van der Waals surface area contributed by atoms with Crippen molar-refractivity contribution in [2.24, 2.45) is 0 Å². The molecule has 1 aliphatic heterocycles. The van der Waals surface area contributed by atoms with Gasteiger partial charge in [0.25, 0.3) is 0 Å². The second-order valence-corrected chi connectivity index (χ2v) is 12.9. The molecule has 2 aliphatic rings. The van der Waals surface area contributed by atoms with Gasteiger partial charge in [0.15, 0.2) is 5.13 Å². The highest BCUT2D eigenvalue weighted by molar-refractivity contribution is 8.00. The van der Waals surface area contributed by atoms with Crippen LogP contribution < -0.4 is 15.5 Å². The maximum absolute atomic E-state index is 13.7. The van der Waals surface area contributed by atoms with E-state index in [9.17, 15) is 9.59 Å². The topological polar surface area (TPSA) is 74.3 Å². The Kier molecular flexibility index (Phi) is 8.27. The summed E-state index contributed by atoms with van der Waals surface area (Å²) in [5, 5.41) is 8.47. The smallest absolute Gasteiger partial charge is 0.307 e. The highest BCUT2D eigenvalue weighted by atomic mass is 32.2. The van der Waals surface area contributed by atoms with E-state index < -0.39 is 0 Å². The van der Waals surface area contributed by atoms with Gasteiger partial charge in [-0.3, -0.25) is 9.69 Å². The molecule has 0 saturated carbocycles. The van der Waals surface area contributed by atoms with Gasteiger partial charge in [0.1, 0.15) is 0 Å². The Labute approximate surface area is 252 Å². The quantitative estimate of drug-likeness (QED) is 0.210. The fraction of sp³-hybridized carbons (Fsp3) is 0.156. The first kappa shape index (κ1) is 27.4. The predicted molar refractivity (Wildman–Crippen MR) is 172 cm³/mol. The first-order valence-corrected chi connectivity index (χ1v) is 16.0. The molecule has 4 aromatic rings. The molecule has 0 bridgehead atoms. The molecule has 2 N–H and O–H groups in total. The lowest BCUT2D eigenvalue weighted by molar-refractivity contribution is -0.115. The van der Waals surface area contributed by atoms with Crippen LogP contribution in [0.25, 0.3) is 11.3 Å². The summed E-state index contributed by atoms with van der Waals surface area (Å²) in [4.78, 5) is 35.2. The molecule has 3 unspecified atom stereocenters. The standard InChI is InChI=1S/C32H28N4O2S3/c1-2-27(30(37)35-31-34-24(20-39-31)21-11-4-3-5-12-21)40-23-14-10-13-22(19-23)33-32(38)36-25-15-6-8-17-28(25)41-29-18-9-7-16-26(29)36/h3-20,25,27-28H,2H2,1H3,(H,33,38)(H,34,35,37). The van der Waals surface area contributed by atoms with Gasteiger partial charge >= 0.3 is 6.03 Å². The number of nitrogens with one attached hydrogen (secondary N) is 2. The number of fused-ring (bicyclic) bond motifs is 2. The first-order chi connectivity index (χ1) is 20.1. The van der Waals surface area contributed by atoms with Crippen LogP contribution in [0.1, 0.15) is 13.3 Å². The van der Waals surface area contributed by atoms with Crippen LogP contribution in [-0.4, -0.2) is 33.5 Å². The summed E-state index contributed by atoms with van der Waals surface area (Å²) in [5.74, 6) is -0.0912. The molecule has 3 amide bonds. The van der Waals surface area contributed by atoms with Crippen molar-refractivity contribution in [2.75, 3.05) is 15.5 Å². The molecule has 6 nitrogen and oxygen atoms in total. The zero-order valence-electron chi connectivity index (χ0n) is 22.3. The molecule has 1 aromatic heterocycles. The fourth-order valence-corrected chi connectivity index (χ4v) is 7.80. The Hall–Kier alpha value is -3.79. The van der Waals surface area contributed by atoms with Gasteiger partial charge in [-0.1, -0.05) is 79.8 Å². The summed E-state index contributed by atoms with van der Waals surface area (Å²) in [6.45, 7) is 1.99. The summed E-state index contributed by atoms with van der Waals surface area (Å²) in [6.07, 6.45) is 8.91. The lowest BCUT2D eigenvalue weighted by Gasteiger charge is -2.40. The number of thiazole rings is 1. The van der Waals surface area contributed by atoms with Gasteiger partial charge in [-0.25, -0.2) is 9.78 Å². The van der Waals surface area contributed by atoms with Crippen LogP contribution in [0.5, 0.6) is 0 Å². The van der Waals surface area contributed by atoms with Gasteiger partial charge < -0.3 is 10.6 Å². The predicted octanol–water partition coefficient (Wildman–Crippen LogP) is 8.33. The second kappa shape index (κ2) is 12.4. The number of aromatic nitrogens is 1. The minimum atomic E-state index is -0.309. The average molecular weight is 597 g/mol. The number of para-hydroxylation sites is 1. The number of carbonyl (C=O) groups excluding carboxylic acids is 2. The molecule has 3 aromatic carbocycles. The summed E-state index contributed by atoms with van der Waals surface area (Å²) in [7, 11) is 0. The van der Waals surface area contributed by atoms with E-state index in [1.807, 2.05) is 102 Å². The van der Waals surface area contributed by atoms with E-state index in [1.165, 1.54) is 23.1 Å². The van der Waals surface area contributed by atoms with E-state index in [1.54, 1.807) is 11.8 Å². The third-order valence-corrected chi connectivity index (χ3v) is 10.2. The first-order valence-electron chi connectivity index (χ1n) is 13.4. The maximum atomic E-state index is 13.7. The molecule has 0 fully saturated rings. The molecule has 41 heavy (non-hydrogen) atoms. The molecule has 0 spiro atoms. The van der Waals surface area contributed by atoms with E-state index >= 15 is 0 Å². The molecule has 9 heteroatoms. The van der Waals surface area contributed by atoms with Gasteiger partial charge in [0, 0.05) is 26.4 Å². The molecule has 6 rings (SSSR count). The van der Waals surface area contributed by atoms with Crippen LogP contribution in [0, 0.1) is 0 Å². The van der Waals surface area contributed by atoms with Gasteiger partial charge in [-0.15, -0.1) is 34.9 Å². The van der Waals surface area contributed by atoms with E-state index in [-0.39, 0.29) is 28.5 Å². The van der Waals surface area contributed by atoms with E-state index in [4.69, 9.17) is 0 Å². The van der Waals surface area contributed by atoms with Gasteiger partial charge in [0.2, 0.25) is 5.91 Å². The number of amides is 3. The summed E-state index contributed by atoms with van der Waals surface area (Å²) < 4.78 is 0. The van der Waals surface area contributed by atoms with Gasteiger partial charge in [-0.05, 0) is 36.8 Å². The molecule has 0 saturated heterocycles. The molecule has 0 radical (unpaired) electrons. The number of thioether (sulfide) groups is 2. The number of hydrogen-bond acceptors (Lipinski definition) is 6. The number of rotatable bonds is 7. The molecule has 3 atom stereocenters. The monoisotopic (exact) mass is 596 g/mol. The van der Waals surface area contributed by atoms with Crippen LogP contribution in [0.2, 0.25) is 0 Å². The Bertz CT molecular complexity index is 1620. The van der Waals surface area contributed by atoms with Gasteiger partial charge in [-0.2, -0.15) is 0 Å². The fourth-order valence-electron chi connectivity index (χ4n) is 4.80. The summed E-state index contributed by atoms with van der Waals surface area (Å²) in [6, 6.07) is 25.3. The highest BCUT2D eigenvalue weighted by Gasteiger charge is 2.36. The maximum Gasteiger partial charge on any atom is 0.326 e. The van der Waals surface area contributed by atoms with Crippen LogP contribution in [0.15, 0.2) is 118 Å². The van der Waals surface area contributed by atoms with E-state index in [0.29, 0.717) is 17.2 Å². The van der Waals surface area contributed by atoms with Gasteiger partial charge in [0.05, 0.1) is 27.9 Å². The van der Waals surface area contributed by atoms with Crippen molar-refractivity contribution in [2.45, 2.75) is 39.7 Å². The van der Waals surface area contributed by atoms with E-state index in [0.717, 1.165) is 26.7 Å². The molecular formula is C32H28N4O2S3. The van der Waals surface area contributed by atoms with E-state index in [2.05, 4.69) is 33.8 Å². The van der Waals surface area contributed by atoms with Crippen molar-refractivity contribution in [3.05, 3.63) is 109 Å². The lowest BCUT2D eigenvalue weighted by Crippen LogP contribution is -2.49. The van der Waals surface area contributed by atoms with Crippen LogP contribution in [0.3, 0.4) is 0 Å². The number of hydrogen-bond donors (Lipinski definition) is 2. The molecular weight excluding hydrogens is 569 g/mol. The number of urea groups is 1. The zero-order chi connectivity index (χ0) is 28.2. The Morgan fingerprint density at radius 2 is 1.78 bits per heavy atom. The number of carbonyl (C=O) groups is 2. The van der Waals surface area contributed by atoms with Crippen LogP contribution >= 0.6 is 34.9 Å². The third-order valence-electron chi connectivity index (χ3n) is 6.79. The second-order valence-electron chi connectivity index (χ2n) is 9.55. The van der Waals surface area contributed by atoms with Crippen molar-refractivity contribution in [3.63, 3.8) is 0 Å². The Morgan fingerprint density at radius 3 is 2.63 bits per heavy atom. The van der Waals surface area contributed by atoms with Crippen molar-refractivity contribution < 1.29 is 9.59 Å². The Morgan fingerprint density at radius 1 is 0.976 bits per heavy atom. The van der Waals surface area contributed by atoms with Crippen molar-refractivity contribution >= 4 is 63.3 Å². The number of benzene rings is 3. The normalized spacial score (nSPS) is 17.8. The van der Waals surface area contributed by atoms with Crippen molar-refractivity contribution in [1.82, 2.24) is 4.98 Å². The SMILES string of the molecule is CCC(Sc1cccc(NC(=O)N2c3ccccc3SC3C=CC=CC32)c1)C(=O)Nc1nc(-c2ccccc2)cs1. The Balaban J connectivity index is 1.14. The summed E-state index contributed by atoms with van der Waals surface area (Å²) >= 11 is 4.68. The third kappa shape index (κ3) is 6.12. The number of nitrogens with zero attached hydrogens (tertiary/aromatic N) is 2. The molecule has 206 valence electrons. The average Bonchev–Trinajstić information content (AvgIpc) is 3.47. The van der Waals surface area contributed by atoms with Crippen molar-refractivity contribution in [3.8, 4) is 11.3 Å². The number of anilines is 3. The molecule has 1 aliphatic carbocycles. The summed E-state index contributed by atoms with van der Waals surface area (Å²) in [5.41, 5.74) is 3.45. The lowest BCUT2D eigenvalue weighted by atomic mass is 10.1.